The van der Waals surface area contributed by atoms with Crippen LogP contribution in [-0.4, -0.2) is 27.9 Å². The van der Waals surface area contributed by atoms with Gasteiger partial charge in [-0.05, 0) is 25.2 Å². The Morgan fingerprint density at radius 3 is 2.41 bits per heavy atom. The average Bonchev–Trinajstić information content (AvgIpc) is 2.22. The largest absolute Gasteiger partial charge is 0.481 e. The van der Waals surface area contributed by atoms with Gasteiger partial charge in [-0.15, -0.1) is 0 Å². The Morgan fingerprint density at radius 1 is 1.24 bits per heavy atom. The maximum Gasteiger partial charge on any atom is 0.303 e. The molecule has 1 aliphatic rings. The molecule has 3 unspecified atom stereocenters. The number of hydrogen-bond donors (Lipinski definition) is 2. The molecule has 5 nitrogen and oxygen atoms in total. The van der Waals surface area contributed by atoms with Crippen LogP contribution in [0.15, 0.2) is 0 Å². The van der Waals surface area contributed by atoms with Gasteiger partial charge in [-0.25, -0.2) is 0 Å². The van der Waals surface area contributed by atoms with E-state index in [4.69, 9.17) is 10.2 Å². The van der Waals surface area contributed by atoms with Crippen molar-refractivity contribution in [3.8, 4) is 0 Å². The van der Waals surface area contributed by atoms with Crippen LogP contribution in [0.4, 0.5) is 0 Å². The van der Waals surface area contributed by atoms with E-state index in [0.717, 1.165) is 0 Å². The third-order valence-electron chi connectivity index (χ3n) is 3.50. The molecule has 2 N–H and O–H groups in total. The molecule has 0 radical (unpaired) electrons. The van der Waals surface area contributed by atoms with Crippen LogP contribution in [0.5, 0.6) is 0 Å². The van der Waals surface area contributed by atoms with Crippen LogP contribution in [0.2, 0.25) is 0 Å². The quantitative estimate of drug-likeness (QED) is 0.763. The van der Waals surface area contributed by atoms with Crippen molar-refractivity contribution in [1.29, 1.82) is 0 Å². The molecule has 1 aliphatic carbocycles. The predicted octanol–water partition coefficient (Wildman–Crippen LogP) is 1.56. The molecule has 0 saturated heterocycles. The van der Waals surface area contributed by atoms with Crippen LogP contribution in [0, 0.1) is 17.8 Å². The van der Waals surface area contributed by atoms with Gasteiger partial charge in [0.1, 0.15) is 5.78 Å². The number of carboxylic acids is 2. The number of ketones is 1. The van der Waals surface area contributed by atoms with Gasteiger partial charge in [0.05, 0.1) is 0 Å². The van der Waals surface area contributed by atoms with Crippen LogP contribution in [0.3, 0.4) is 0 Å². The molecular formula is C12H18O5. The average molecular weight is 242 g/mol. The van der Waals surface area contributed by atoms with Crippen LogP contribution in [0.25, 0.3) is 0 Å². The number of aliphatic carboxylic acids is 2. The standard InChI is InChI=1S/C12H18O5/c1-7-2-3-8(6-11(15)16)9(12(7)17)4-5-10(13)14/h7-9H,2-6H2,1H3,(H,13,14)(H,15,16). The molecule has 17 heavy (non-hydrogen) atoms. The van der Waals surface area contributed by atoms with E-state index >= 15 is 0 Å². The van der Waals surface area contributed by atoms with Gasteiger partial charge in [0.15, 0.2) is 0 Å². The minimum atomic E-state index is -0.940. The maximum atomic E-state index is 11.9. The van der Waals surface area contributed by atoms with Crippen molar-refractivity contribution < 1.29 is 24.6 Å². The fourth-order valence-electron chi connectivity index (χ4n) is 2.53. The second-order valence-corrected chi connectivity index (χ2v) is 4.78. The van der Waals surface area contributed by atoms with E-state index in [1.165, 1.54) is 0 Å². The number of carbonyl (C=O) groups excluding carboxylic acids is 1. The minimum absolute atomic E-state index is 0.0313. The normalized spacial score (nSPS) is 29.0. The second kappa shape index (κ2) is 5.80. The lowest BCUT2D eigenvalue weighted by atomic mass is 9.70. The molecule has 0 aliphatic heterocycles. The van der Waals surface area contributed by atoms with Gasteiger partial charge in [0.2, 0.25) is 0 Å². The van der Waals surface area contributed by atoms with E-state index in [9.17, 15) is 14.4 Å². The van der Waals surface area contributed by atoms with Gasteiger partial charge < -0.3 is 10.2 Å². The van der Waals surface area contributed by atoms with Crippen molar-refractivity contribution in [3.63, 3.8) is 0 Å². The first-order valence-electron chi connectivity index (χ1n) is 5.89. The van der Waals surface area contributed by atoms with E-state index in [-0.39, 0.29) is 36.9 Å². The molecule has 0 amide bonds. The van der Waals surface area contributed by atoms with E-state index in [2.05, 4.69) is 0 Å². The highest BCUT2D eigenvalue weighted by Crippen LogP contribution is 2.35. The van der Waals surface area contributed by atoms with Crippen molar-refractivity contribution in [2.45, 2.75) is 39.0 Å². The van der Waals surface area contributed by atoms with Gasteiger partial charge >= 0.3 is 11.9 Å². The number of hydrogen-bond acceptors (Lipinski definition) is 3. The summed E-state index contributed by atoms with van der Waals surface area (Å²) in [7, 11) is 0. The van der Waals surface area contributed by atoms with Gasteiger partial charge in [0, 0.05) is 24.7 Å². The zero-order chi connectivity index (χ0) is 13.0. The molecule has 5 heteroatoms. The Kier molecular flexibility index (Phi) is 4.66. The van der Waals surface area contributed by atoms with Crippen LogP contribution < -0.4 is 0 Å². The van der Waals surface area contributed by atoms with Crippen molar-refractivity contribution in [2.75, 3.05) is 0 Å². The SMILES string of the molecule is CC1CCC(CC(=O)O)C(CCC(=O)O)C1=O. The molecule has 0 spiro atoms. The number of carbonyl (C=O) groups is 3. The summed E-state index contributed by atoms with van der Waals surface area (Å²) in [6.07, 6.45) is 1.56. The summed E-state index contributed by atoms with van der Waals surface area (Å²) in [5, 5.41) is 17.4. The molecule has 0 bridgehead atoms. The van der Waals surface area contributed by atoms with Crippen molar-refractivity contribution in [1.82, 2.24) is 0 Å². The number of rotatable bonds is 5. The molecule has 1 rings (SSSR count). The van der Waals surface area contributed by atoms with E-state index < -0.39 is 17.9 Å². The Morgan fingerprint density at radius 2 is 1.88 bits per heavy atom. The fourth-order valence-corrected chi connectivity index (χ4v) is 2.53. The predicted molar refractivity (Wildman–Crippen MR) is 59.5 cm³/mol. The summed E-state index contributed by atoms with van der Waals surface area (Å²) < 4.78 is 0. The first-order valence-corrected chi connectivity index (χ1v) is 5.89. The molecule has 1 saturated carbocycles. The first-order chi connectivity index (χ1) is 7.91. The first kappa shape index (κ1) is 13.7. The van der Waals surface area contributed by atoms with Gasteiger partial charge in [-0.2, -0.15) is 0 Å². The van der Waals surface area contributed by atoms with Gasteiger partial charge in [0.25, 0.3) is 0 Å². The molecule has 0 aromatic rings. The van der Waals surface area contributed by atoms with Crippen LogP contribution in [0.1, 0.15) is 39.0 Å². The number of carboxylic acid groups (broad SMARTS) is 2. The highest BCUT2D eigenvalue weighted by Gasteiger charge is 2.36. The minimum Gasteiger partial charge on any atom is -0.481 e. The molecule has 3 atom stereocenters. The van der Waals surface area contributed by atoms with Crippen molar-refractivity contribution in [3.05, 3.63) is 0 Å². The van der Waals surface area contributed by atoms with E-state index in [1.807, 2.05) is 6.92 Å². The molecule has 0 aromatic carbocycles. The second-order valence-electron chi connectivity index (χ2n) is 4.78. The highest BCUT2D eigenvalue weighted by molar-refractivity contribution is 5.85. The van der Waals surface area contributed by atoms with Crippen LogP contribution in [-0.2, 0) is 14.4 Å². The Bertz CT molecular complexity index is 323. The third kappa shape index (κ3) is 3.84. The third-order valence-corrected chi connectivity index (χ3v) is 3.50. The van der Waals surface area contributed by atoms with Crippen molar-refractivity contribution in [2.24, 2.45) is 17.8 Å². The smallest absolute Gasteiger partial charge is 0.303 e. The maximum absolute atomic E-state index is 11.9. The lowest BCUT2D eigenvalue weighted by Crippen LogP contribution is -2.35. The summed E-state index contributed by atoms with van der Waals surface area (Å²) in [5.41, 5.74) is 0. The van der Waals surface area contributed by atoms with E-state index in [0.29, 0.717) is 12.8 Å². The lowest BCUT2D eigenvalue weighted by molar-refractivity contribution is -0.141. The summed E-state index contributed by atoms with van der Waals surface area (Å²) in [6.45, 7) is 1.83. The Hall–Kier alpha value is -1.39. The zero-order valence-electron chi connectivity index (χ0n) is 9.89. The Balaban J connectivity index is 2.69. The summed E-state index contributed by atoms with van der Waals surface area (Å²) in [5.74, 6) is -2.49. The molecule has 0 heterocycles. The van der Waals surface area contributed by atoms with Gasteiger partial charge in [-0.1, -0.05) is 6.92 Å². The molecule has 0 aromatic heterocycles. The molecular weight excluding hydrogens is 224 g/mol. The van der Waals surface area contributed by atoms with Gasteiger partial charge in [-0.3, -0.25) is 14.4 Å². The highest BCUT2D eigenvalue weighted by atomic mass is 16.4. The number of Topliss-reactive ketones (excluding diaryl/α,β-unsaturated/α-hetero) is 1. The fraction of sp³-hybridized carbons (Fsp3) is 0.750. The van der Waals surface area contributed by atoms with Crippen molar-refractivity contribution >= 4 is 17.7 Å². The Labute approximate surface area is 99.8 Å². The summed E-state index contributed by atoms with van der Waals surface area (Å²) >= 11 is 0. The summed E-state index contributed by atoms with van der Waals surface area (Å²) in [6, 6.07) is 0. The molecule has 1 fully saturated rings. The summed E-state index contributed by atoms with van der Waals surface area (Å²) in [4.78, 5) is 33.2. The lowest BCUT2D eigenvalue weighted by Gasteiger charge is -2.32. The topological polar surface area (TPSA) is 91.7 Å². The van der Waals surface area contributed by atoms with E-state index in [1.54, 1.807) is 0 Å². The van der Waals surface area contributed by atoms with Crippen LogP contribution >= 0.6 is 0 Å². The monoisotopic (exact) mass is 242 g/mol. The molecule has 96 valence electrons. The zero-order valence-corrected chi connectivity index (χ0v) is 9.89.